The molecule has 0 unspecified atom stereocenters. The van der Waals surface area contributed by atoms with Crippen LogP contribution in [-0.2, 0) is 23.9 Å². The third-order valence-corrected chi connectivity index (χ3v) is 1.89. The Labute approximate surface area is 111 Å². The smallest absolute Gasteiger partial charge is 0.330 e. The Kier molecular flexibility index (Phi) is 8.44. The van der Waals surface area contributed by atoms with Crippen LogP contribution in [0.3, 0.4) is 0 Å². The molecule has 6 nitrogen and oxygen atoms in total. The fraction of sp³-hybridized carbons (Fsp3) is 0.308. The molecule has 0 aliphatic rings. The number of carbonyl (C=O) groups is 3. The van der Waals surface area contributed by atoms with Gasteiger partial charge in [-0.1, -0.05) is 17.7 Å². The maximum Gasteiger partial charge on any atom is 0.330 e. The first-order valence-electron chi connectivity index (χ1n) is 5.45. The number of carboxylic acids is 1. The molecule has 0 radical (unpaired) electrons. The number of esters is 2. The van der Waals surface area contributed by atoms with Crippen molar-refractivity contribution in [3.05, 3.63) is 36.0 Å². The van der Waals surface area contributed by atoms with E-state index in [1.807, 2.05) is 0 Å². The fourth-order valence-corrected chi connectivity index (χ4v) is 0.965. The summed E-state index contributed by atoms with van der Waals surface area (Å²) in [7, 11) is 1.28. The number of carbonyl (C=O) groups excluding carboxylic acids is 2. The van der Waals surface area contributed by atoms with Crippen molar-refractivity contribution < 1.29 is 29.0 Å². The lowest BCUT2D eigenvalue weighted by Crippen LogP contribution is -2.03. The molecule has 0 amide bonds. The summed E-state index contributed by atoms with van der Waals surface area (Å²) in [6, 6.07) is 0. The topological polar surface area (TPSA) is 89.9 Å². The first-order valence-corrected chi connectivity index (χ1v) is 5.45. The zero-order valence-electron chi connectivity index (χ0n) is 10.8. The lowest BCUT2D eigenvalue weighted by molar-refractivity contribution is -0.137. The minimum atomic E-state index is -1.10. The van der Waals surface area contributed by atoms with Crippen LogP contribution < -0.4 is 0 Å². The summed E-state index contributed by atoms with van der Waals surface area (Å²) >= 11 is 0. The zero-order chi connectivity index (χ0) is 14.7. The predicted molar refractivity (Wildman–Crippen MR) is 67.3 cm³/mol. The van der Waals surface area contributed by atoms with Gasteiger partial charge in [0.05, 0.1) is 13.7 Å². The molecule has 6 heteroatoms. The van der Waals surface area contributed by atoms with Crippen LogP contribution in [-0.4, -0.2) is 36.7 Å². The molecule has 0 aromatic heterocycles. The molecule has 0 bridgehead atoms. The van der Waals surface area contributed by atoms with Crippen molar-refractivity contribution in [1.82, 2.24) is 0 Å². The first-order chi connectivity index (χ1) is 8.95. The van der Waals surface area contributed by atoms with E-state index >= 15 is 0 Å². The Balaban J connectivity index is 3.95. The van der Waals surface area contributed by atoms with E-state index in [1.165, 1.54) is 25.3 Å². The van der Waals surface area contributed by atoms with Crippen LogP contribution in [0.4, 0.5) is 0 Å². The largest absolute Gasteiger partial charge is 0.478 e. The Morgan fingerprint density at radius 3 is 2.32 bits per heavy atom. The second-order valence-electron chi connectivity index (χ2n) is 3.49. The molecule has 19 heavy (non-hydrogen) atoms. The number of hydrogen-bond acceptors (Lipinski definition) is 5. The highest BCUT2D eigenvalue weighted by Gasteiger charge is 1.99. The normalized spacial score (nSPS) is 11.8. The van der Waals surface area contributed by atoms with Gasteiger partial charge in [0.1, 0.15) is 0 Å². The molecule has 0 spiro atoms. The average molecular weight is 268 g/mol. The molecule has 0 heterocycles. The van der Waals surface area contributed by atoms with Crippen LogP contribution in [0.2, 0.25) is 0 Å². The first kappa shape index (κ1) is 16.6. The number of ether oxygens (including phenoxy) is 2. The van der Waals surface area contributed by atoms with E-state index in [9.17, 15) is 14.4 Å². The lowest BCUT2D eigenvalue weighted by atomic mass is 10.2. The third-order valence-electron chi connectivity index (χ3n) is 1.89. The highest BCUT2D eigenvalue weighted by atomic mass is 16.5. The predicted octanol–water partition coefficient (Wildman–Crippen LogP) is 1.24. The van der Waals surface area contributed by atoms with Gasteiger partial charge in [0, 0.05) is 24.6 Å². The summed E-state index contributed by atoms with van der Waals surface area (Å²) in [6.45, 7) is 1.85. The molecule has 1 N–H and O–H groups in total. The van der Waals surface area contributed by atoms with Crippen molar-refractivity contribution in [2.24, 2.45) is 0 Å². The number of allylic oxidation sites excluding steroid dienone is 2. The summed E-state index contributed by atoms with van der Waals surface area (Å²) in [5.41, 5.74) is 0.731. The van der Waals surface area contributed by atoms with Crippen molar-refractivity contribution in [2.45, 2.75) is 13.3 Å². The highest BCUT2D eigenvalue weighted by Crippen LogP contribution is 2.00. The van der Waals surface area contributed by atoms with Crippen molar-refractivity contribution in [2.75, 3.05) is 13.7 Å². The number of methoxy groups -OCH3 is 1. The highest BCUT2D eigenvalue weighted by molar-refractivity contribution is 5.84. The van der Waals surface area contributed by atoms with Crippen molar-refractivity contribution in [3.8, 4) is 0 Å². The van der Waals surface area contributed by atoms with Crippen LogP contribution in [0.5, 0.6) is 0 Å². The van der Waals surface area contributed by atoms with Gasteiger partial charge in [-0.2, -0.15) is 0 Å². The summed E-state index contributed by atoms with van der Waals surface area (Å²) in [4.78, 5) is 32.1. The fourth-order valence-electron chi connectivity index (χ4n) is 0.965. The summed E-state index contributed by atoms with van der Waals surface area (Å²) in [5, 5.41) is 8.29. The van der Waals surface area contributed by atoms with Gasteiger partial charge in [-0.15, -0.1) is 0 Å². The Hall–Kier alpha value is -2.37. The van der Waals surface area contributed by atoms with Crippen molar-refractivity contribution in [3.63, 3.8) is 0 Å². The zero-order valence-corrected chi connectivity index (χ0v) is 10.8. The summed E-state index contributed by atoms with van der Waals surface area (Å²) < 4.78 is 9.28. The molecule has 0 saturated carbocycles. The Bertz CT molecular complexity index is 417. The number of hydrogen-bond donors (Lipinski definition) is 1. The standard InChI is InChI=1S/C13H16O6/c1-10(9-13(17)18-2)7-8-19-12(16)6-4-3-5-11(14)15/h3-6,9H,7-8H2,1-2H3,(H,14,15)/b5-3+,6-4+,10-9-. The molecular weight excluding hydrogens is 252 g/mol. The Morgan fingerprint density at radius 1 is 1.11 bits per heavy atom. The van der Waals surface area contributed by atoms with Crippen LogP contribution in [0.15, 0.2) is 36.0 Å². The molecule has 0 rings (SSSR count). The van der Waals surface area contributed by atoms with Gasteiger partial charge >= 0.3 is 17.9 Å². The molecule has 0 aliphatic heterocycles. The molecule has 0 fully saturated rings. The minimum Gasteiger partial charge on any atom is -0.478 e. The second kappa shape index (κ2) is 9.64. The molecule has 0 atom stereocenters. The van der Waals surface area contributed by atoms with Gasteiger partial charge in [0.25, 0.3) is 0 Å². The van der Waals surface area contributed by atoms with Crippen LogP contribution >= 0.6 is 0 Å². The van der Waals surface area contributed by atoms with E-state index in [0.717, 1.165) is 17.7 Å². The van der Waals surface area contributed by atoms with E-state index < -0.39 is 17.9 Å². The average Bonchev–Trinajstić information content (AvgIpc) is 2.34. The summed E-state index contributed by atoms with van der Waals surface area (Å²) in [5.74, 6) is -2.13. The third kappa shape index (κ3) is 10.5. The van der Waals surface area contributed by atoms with Gasteiger partial charge in [-0.05, 0) is 6.92 Å². The number of rotatable bonds is 7. The Morgan fingerprint density at radius 2 is 1.74 bits per heavy atom. The monoisotopic (exact) mass is 268 g/mol. The van der Waals surface area contributed by atoms with Crippen molar-refractivity contribution >= 4 is 17.9 Å². The van der Waals surface area contributed by atoms with Gasteiger partial charge in [0.15, 0.2) is 0 Å². The number of carboxylic acid groups (broad SMARTS) is 1. The maximum absolute atomic E-state index is 11.1. The van der Waals surface area contributed by atoms with E-state index in [4.69, 9.17) is 9.84 Å². The second-order valence-corrected chi connectivity index (χ2v) is 3.49. The van der Waals surface area contributed by atoms with E-state index in [2.05, 4.69) is 4.74 Å². The van der Waals surface area contributed by atoms with E-state index in [0.29, 0.717) is 6.42 Å². The van der Waals surface area contributed by atoms with E-state index in [1.54, 1.807) is 6.92 Å². The van der Waals surface area contributed by atoms with Crippen LogP contribution in [0, 0.1) is 0 Å². The van der Waals surface area contributed by atoms with Gasteiger partial charge in [-0.3, -0.25) is 0 Å². The maximum atomic E-state index is 11.1. The van der Waals surface area contributed by atoms with Crippen LogP contribution in [0.1, 0.15) is 13.3 Å². The molecule has 104 valence electrons. The quantitative estimate of drug-likeness (QED) is 0.424. The summed E-state index contributed by atoms with van der Waals surface area (Å²) in [6.07, 6.45) is 6.23. The molecule has 0 aromatic carbocycles. The molecule has 0 aromatic rings. The molecular formula is C13H16O6. The minimum absolute atomic E-state index is 0.130. The van der Waals surface area contributed by atoms with Gasteiger partial charge < -0.3 is 14.6 Å². The van der Waals surface area contributed by atoms with Gasteiger partial charge in [0.2, 0.25) is 0 Å². The van der Waals surface area contributed by atoms with Crippen LogP contribution in [0.25, 0.3) is 0 Å². The van der Waals surface area contributed by atoms with Crippen molar-refractivity contribution in [1.29, 1.82) is 0 Å². The molecule has 0 saturated heterocycles. The molecule has 0 aliphatic carbocycles. The van der Waals surface area contributed by atoms with E-state index in [-0.39, 0.29) is 6.61 Å². The number of aliphatic carboxylic acids is 1. The van der Waals surface area contributed by atoms with Gasteiger partial charge in [-0.25, -0.2) is 14.4 Å². The lowest BCUT2D eigenvalue weighted by Gasteiger charge is -2.02. The SMILES string of the molecule is COC(=O)/C=C(/C)CCOC(=O)/C=C/C=C/C(=O)O.